The first-order valence-corrected chi connectivity index (χ1v) is 7.92. The average Bonchev–Trinajstić information content (AvgIpc) is 2.67. The van der Waals surface area contributed by atoms with Crippen LogP contribution in [0.2, 0.25) is 0 Å². The lowest BCUT2D eigenvalue weighted by Crippen LogP contribution is -2.13. The number of methoxy groups -OCH3 is 3. The van der Waals surface area contributed by atoms with Crippen molar-refractivity contribution < 1.29 is 28.5 Å². The zero-order valence-corrected chi connectivity index (χ0v) is 15.1. The smallest absolute Gasteiger partial charge is 0.338 e. The second-order valence-corrected chi connectivity index (χ2v) is 5.17. The molecule has 0 aromatic heterocycles. The van der Waals surface area contributed by atoms with Crippen molar-refractivity contribution in [3.63, 3.8) is 0 Å². The van der Waals surface area contributed by atoms with Crippen LogP contribution in [0, 0.1) is 0 Å². The summed E-state index contributed by atoms with van der Waals surface area (Å²) in [5, 5.41) is 2.74. The molecule has 0 radical (unpaired) electrons. The topological polar surface area (TPSA) is 83.1 Å². The Kier molecular flexibility index (Phi) is 6.43. The summed E-state index contributed by atoms with van der Waals surface area (Å²) in [5.41, 5.74) is 1.14. The zero-order chi connectivity index (χ0) is 19.1. The van der Waals surface area contributed by atoms with Gasteiger partial charge >= 0.3 is 5.97 Å². The molecule has 0 aliphatic rings. The van der Waals surface area contributed by atoms with Crippen LogP contribution in [-0.2, 0) is 4.74 Å². The molecule has 0 saturated heterocycles. The predicted octanol–water partition coefficient (Wildman–Crippen LogP) is 3.14. The highest BCUT2D eigenvalue weighted by Crippen LogP contribution is 2.38. The van der Waals surface area contributed by atoms with Crippen LogP contribution in [0.1, 0.15) is 27.6 Å². The average molecular weight is 359 g/mol. The monoisotopic (exact) mass is 359 g/mol. The lowest BCUT2D eigenvalue weighted by atomic mass is 10.1. The number of carbonyl (C=O) groups is 2. The Hall–Kier alpha value is -3.22. The van der Waals surface area contributed by atoms with Gasteiger partial charge in [0.1, 0.15) is 0 Å². The van der Waals surface area contributed by atoms with E-state index in [0.717, 1.165) is 0 Å². The minimum absolute atomic E-state index is 0.279. The minimum atomic E-state index is -0.448. The molecule has 2 rings (SSSR count). The summed E-state index contributed by atoms with van der Waals surface area (Å²) in [6, 6.07) is 9.61. The number of rotatable bonds is 7. The van der Waals surface area contributed by atoms with E-state index in [-0.39, 0.29) is 12.5 Å². The third kappa shape index (κ3) is 4.24. The normalized spacial score (nSPS) is 10.0. The molecule has 26 heavy (non-hydrogen) atoms. The van der Waals surface area contributed by atoms with E-state index in [1.807, 2.05) is 0 Å². The summed E-state index contributed by atoms with van der Waals surface area (Å²) < 4.78 is 20.7. The highest BCUT2D eigenvalue weighted by molar-refractivity contribution is 6.05. The Morgan fingerprint density at radius 3 is 2.12 bits per heavy atom. The van der Waals surface area contributed by atoms with Crippen molar-refractivity contribution >= 4 is 17.6 Å². The fraction of sp³-hybridized carbons (Fsp3) is 0.263. The molecule has 0 aliphatic carbocycles. The Morgan fingerprint density at radius 2 is 1.58 bits per heavy atom. The van der Waals surface area contributed by atoms with Crippen molar-refractivity contribution in [2.24, 2.45) is 0 Å². The highest BCUT2D eigenvalue weighted by Gasteiger charge is 2.17. The van der Waals surface area contributed by atoms with Crippen LogP contribution in [0.25, 0.3) is 0 Å². The van der Waals surface area contributed by atoms with Crippen molar-refractivity contribution in [2.45, 2.75) is 6.92 Å². The highest BCUT2D eigenvalue weighted by atomic mass is 16.5. The Bertz CT molecular complexity index is 777. The van der Waals surface area contributed by atoms with Gasteiger partial charge in [0.25, 0.3) is 5.91 Å². The number of amides is 1. The molecule has 0 fully saturated rings. The van der Waals surface area contributed by atoms with Crippen LogP contribution in [0.4, 0.5) is 5.69 Å². The summed E-state index contributed by atoms with van der Waals surface area (Å²) in [6.07, 6.45) is 0. The van der Waals surface area contributed by atoms with Gasteiger partial charge in [-0.1, -0.05) is 6.07 Å². The molecular weight excluding hydrogens is 338 g/mol. The van der Waals surface area contributed by atoms with E-state index in [1.54, 1.807) is 43.3 Å². The molecule has 2 aromatic carbocycles. The van der Waals surface area contributed by atoms with Crippen molar-refractivity contribution in [2.75, 3.05) is 33.3 Å². The summed E-state index contributed by atoms with van der Waals surface area (Å²) in [6.45, 7) is 2.01. The van der Waals surface area contributed by atoms with Gasteiger partial charge in [-0.05, 0) is 37.3 Å². The molecule has 1 amide bonds. The van der Waals surface area contributed by atoms with Crippen LogP contribution < -0.4 is 19.5 Å². The van der Waals surface area contributed by atoms with Crippen LogP contribution >= 0.6 is 0 Å². The molecule has 138 valence electrons. The zero-order valence-electron chi connectivity index (χ0n) is 15.1. The Morgan fingerprint density at radius 1 is 0.923 bits per heavy atom. The molecule has 0 heterocycles. The SMILES string of the molecule is CCOC(=O)c1cccc(NC(=O)c2cc(OC)c(OC)c(OC)c2)c1. The lowest BCUT2D eigenvalue weighted by molar-refractivity contribution is 0.0526. The van der Waals surface area contributed by atoms with Crippen molar-refractivity contribution in [3.05, 3.63) is 47.5 Å². The molecule has 1 N–H and O–H groups in total. The van der Waals surface area contributed by atoms with Crippen LogP contribution in [0.3, 0.4) is 0 Å². The van der Waals surface area contributed by atoms with Crippen molar-refractivity contribution in [1.82, 2.24) is 0 Å². The predicted molar refractivity (Wildman–Crippen MR) is 96.4 cm³/mol. The van der Waals surface area contributed by atoms with E-state index in [4.69, 9.17) is 18.9 Å². The maximum absolute atomic E-state index is 12.6. The van der Waals surface area contributed by atoms with Gasteiger partial charge in [0.05, 0.1) is 33.5 Å². The summed E-state index contributed by atoms with van der Waals surface area (Å²) >= 11 is 0. The molecule has 0 unspecified atom stereocenters. The van der Waals surface area contributed by atoms with E-state index < -0.39 is 5.97 Å². The molecular formula is C19H21NO6. The third-order valence-corrected chi connectivity index (χ3v) is 3.56. The second-order valence-electron chi connectivity index (χ2n) is 5.17. The Balaban J connectivity index is 2.28. The van der Waals surface area contributed by atoms with Crippen LogP contribution in [0.5, 0.6) is 17.2 Å². The molecule has 0 spiro atoms. The van der Waals surface area contributed by atoms with E-state index >= 15 is 0 Å². The number of anilines is 1. The molecule has 0 saturated carbocycles. The quantitative estimate of drug-likeness (QED) is 0.765. The van der Waals surface area contributed by atoms with Crippen LogP contribution in [-0.4, -0.2) is 39.8 Å². The number of carbonyl (C=O) groups excluding carboxylic acids is 2. The number of benzene rings is 2. The molecule has 7 nitrogen and oxygen atoms in total. The molecule has 2 aromatic rings. The third-order valence-electron chi connectivity index (χ3n) is 3.56. The Labute approximate surface area is 151 Å². The number of esters is 1. The fourth-order valence-electron chi connectivity index (χ4n) is 2.35. The molecule has 0 bridgehead atoms. The maximum Gasteiger partial charge on any atom is 0.338 e. The molecule has 0 aliphatic heterocycles. The lowest BCUT2D eigenvalue weighted by Gasteiger charge is -2.14. The number of hydrogen-bond acceptors (Lipinski definition) is 6. The largest absolute Gasteiger partial charge is 0.493 e. The van der Waals surface area contributed by atoms with Gasteiger partial charge in [0.2, 0.25) is 5.75 Å². The van der Waals surface area contributed by atoms with Gasteiger partial charge < -0.3 is 24.3 Å². The van der Waals surface area contributed by atoms with Crippen molar-refractivity contribution in [3.8, 4) is 17.2 Å². The van der Waals surface area contributed by atoms with Gasteiger partial charge in [0.15, 0.2) is 11.5 Å². The molecule has 0 atom stereocenters. The summed E-state index contributed by atoms with van der Waals surface area (Å²) in [5.74, 6) is 0.312. The van der Waals surface area contributed by atoms with Crippen molar-refractivity contribution in [1.29, 1.82) is 0 Å². The first-order valence-electron chi connectivity index (χ1n) is 7.92. The van der Waals surface area contributed by atoms with Gasteiger partial charge in [-0.3, -0.25) is 4.79 Å². The van der Waals surface area contributed by atoms with E-state index in [0.29, 0.717) is 34.1 Å². The number of nitrogens with one attached hydrogen (secondary N) is 1. The summed E-state index contributed by atoms with van der Waals surface area (Å²) in [4.78, 5) is 24.4. The van der Waals surface area contributed by atoms with E-state index in [1.165, 1.54) is 21.3 Å². The van der Waals surface area contributed by atoms with Gasteiger partial charge in [-0.15, -0.1) is 0 Å². The van der Waals surface area contributed by atoms with E-state index in [9.17, 15) is 9.59 Å². The van der Waals surface area contributed by atoms with Gasteiger partial charge in [0, 0.05) is 11.3 Å². The maximum atomic E-state index is 12.6. The first-order chi connectivity index (χ1) is 12.5. The first kappa shape index (κ1) is 19.1. The van der Waals surface area contributed by atoms with Gasteiger partial charge in [-0.25, -0.2) is 4.79 Å². The minimum Gasteiger partial charge on any atom is -0.493 e. The second kappa shape index (κ2) is 8.75. The van der Waals surface area contributed by atoms with E-state index in [2.05, 4.69) is 5.32 Å². The van der Waals surface area contributed by atoms with Crippen LogP contribution in [0.15, 0.2) is 36.4 Å². The number of ether oxygens (including phenoxy) is 4. The number of hydrogen-bond donors (Lipinski definition) is 1. The molecule has 7 heteroatoms. The summed E-state index contributed by atoms with van der Waals surface area (Å²) in [7, 11) is 4.44. The fourth-order valence-corrected chi connectivity index (χ4v) is 2.35. The standard InChI is InChI=1S/C19H21NO6/c1-5-26-19(22)12-7-6-8-14(9-12)20-18(21)13-10-15(23-2)17(25-4)16(11-13)24-3/h6-11H,5H2,1-4H3,(H,20,21). The van der Waals surface area contributed by atoms with Gasteiger partial charge in [-0.2, -0.15) is 0 Å².